The molecule has 1 fully saturated rings. The third-order valence-corrected chi connectivity index (χ3v) is 4.02. The summed E-state index contributed by atoms with van der Waals surface area (Å²) in [5.41, 5.74) is 8.41. The molecule has 2 heterocycles. The van der Waals surface area contributed by atoms with Crippen molar-refractivity contribution in [3.05, 3.63) is 24.0 Å². The van der Waals surface area contributed by atoms with E-state index in [4.69, 9.17) is 5.73 Å². The van der Waals surface area contributed by atoms with E-state index in [9.17, 15) is 0 Å². The summed E-state index contributed by atoms with van der Waals surface area (Å²) in [5.74, 6) is 0.769. The average molecular weight is 247 g/mol. The molecule has 2 N–H and O–H groups in total. The summed E-state index contributed by atoms with van der Waals surface area (Å²) >= 11 is 0. The fourth-order valence-electron chi connectivity index (χ4n) is 2.56. The van der Waals surface area contributed by atoms with Crippen molar-refractivity contribution in [2.24, 2.45) is 17.1 Å². The summed E-state index contributed by atoms with van der Waals surface area (Å²) in [6.07, 6.45) is 3.24. The second kappa shape index (κ2) is 4.88. The lowest BCUT2D eigenvalue weighted by molar-refractivity contribution is 0.263. The van der Waals surface area contributed by atoms with Crippen LogP contribution in [0.25, 0.3) is 0 Å². The summed E-state index contributed by atoms with van der Waals surface area (Å²) < 4.78 is 0. The Hall–Kier alpha value is -1.09. The Kier molecular flexibility index (Phi) is 3.62. The van der Waals surface area contributed by atoms with Gasteiger partial charge in [0.05, 0.1) is 17.6 Å². The van der Waals surface area contributed by atoms with Crippen molar-refractivity contribution in [2.45, 2.75) is 40.2 Å². The minimum Gasteiger partial charge on any atom is -0.370 e. The van der Waals surface area contributed by atoms with Gasteiger partial charge in [0.25, 0.3) is 0 Å². The number of anilines is 1. The van der Waals surface area contributed by atoms with Crippen molar-refractivity contribution in [3.8, 4) is 0 Å². The number of aromatic nitrogens is 1. The van der Waals surface area contributed by atoms with Crippen LogP contribution in [0.4, 0.5) is 5.69 Å². The van der Waals surface area contributed by atoms with Crippen LogP contribution in [0.3, 0.4) is 0 Å². The highest BCUT2D eigenvalue weighted by Gasteiger charge is 2.31. The van der Waals surface area contributed by atoms with Crippen molar-refractivity contribution in [1.29, 1.82) is 0 Å². The zero-order valence-corrected chi connectivity index (χ0v) is 12.0. The highest BCUT2D eigenvalue weighted by Crippen LogP contribution is 2.35. The smallest absolute Gasteiger partial charge is 0.0569 e. The van der Waals surface area contributed by atoms with E-state index < -0.39 is 0 Å². The Bertz CT molecular complexity index is 389. The molecule has 3 nitrogen and oxygen atoms in total. The molecular weight excluding hydrogens is 222 g/mol. The molecule has 1 aromatic heterocycles. The van der Waals surface area contributed by atoms with Gasteiger partial charge in [0.15, 0.2) is 0 Å². The fraction of sp³-hybridized carbons (Fsp3) is 0.667. The van der Waals surface area contributed by atoms with E-state index in [0.717, 1.165) is 24.7 Å². The molecular formula is C15H25N3. The molecule has 2 rings (SSSR count). The monoisotopic (exact) mass is 247 g/mol. The molecule has 0 saturated carbocycles. The molecule has 2 atom stereocenters. The van der Waals surface area contributed by atoms with E-state index >= 15 is 0 Å². The van der Waals surface area contributed by atoms with E-state index in [1.807, 2.05) is 19.2 Å². The molecule has 3 heteroatoms. The van der Waals surface area contributed by atoms with E-state index in [1.165, 1.54) is 12.1 Å². The Morgan fingerprint density at radius 3 is 2.56 bits per heavy atom. The van der Waals surface area contributed by atoms with Crippen molar-refractivity contribution in [2.75, 3.05) is 18.0 Å². The third-order valence-electron chi connectivity index (χ3n) is 4.02. The molecule has 100 valence electrons. The summed E-state index contributed by atoms with van der Waals surface area (Å²) in [5, 5.41) is 0. The van der Waals surface area contributed by atoms with Gasteiger partial charge in [-0.15, -0.1) is 0 Å². The third kappa shape index (κ3) is 2.83. The molecule has 1 saturated heterocycles. The van der Waals surface area contributed by atoms with Crippen molar-refractivity contribution < 1.29 is 0 Å². The van der Waals surface area contributed by atoms with Crippen LogP contribution in [0.1, 0.15) is 45.9 Å². The Labute approximate surface area is 110 Å². The maximum atomic E-state index is 5.82. The molecule has 18 heavy (non-hydrogen) atoms. The predicted molar refractivity (Wildman–Crippen MR) is 76.6 cm³/mol. The molecule has 0 aromatic carbocycles. The lowest BCUT2D eigenvalue weighted by Crippen LogP contribution is -2.25. The molecule has 0 radical (unpaired) electrons. The lowest BCUT2D eigenvalue weighted by atomic mass is 9.80. The summed E-state index contributed by atoms with van der Waals surface area (Å²) in [7, 11) is 0. The first-order valence-corrected chi connectivity index (χ1v) is 6.84. The van der Waals surface area contributed by atoms with Crippen molar-refractivity contribution in [3.63, 3.8) is 0 Å². The largest absolute Gasteiger partial charge is 0.370 e. The SMILES string of the molecule is C[C@@H](N)c1ccc(N2CCC(C(C)(C)C)C2)cn1. The lowest BCUT2D eigenvalue weighted by Gasteiger charge is -2.27. The Balaban J connectivity index is 2.05. The van der Waals surface area contributed by atoms with Crippen molar-refractivity contribution >= 4 is 5.69 Å². The molecule has 1 aromatic rings. The first kappa shape index (κ1) is 13.3. The summed E-state index contributed by atoms with van der Waals surface area (Å²) in [6, 6.07) is 4.21. The van der Waals surface area contributed by atoms with Gasteiger partial charge in [0, 0.05) is 19.1 Å². The highest BCUT2D eigenvalue weighted by molar-refractivity contribution is 5.46. The van der Waals surface area contributed by atoms with Crippen LogP contribution in [0, 0.1) is 11.3 Å². The van der Waals surface area contributed by atoms with Gasteiger partial charge in [-0.1, -0.05) is 20.8 Å². The van der Waals surface area contributed by atoms with E-state index in [2.05, 4.69) is 36.7 Å². The van der Waals surface area contributed by atoms with Crippen LogP contribution in [-0.2, 0) is 0 Å². The zero-order chi connectivity index (χ0) is 13.3. The zero-order valence-electron chi connectivity index (χ0n) is 12.0. The number of nitrogens with two attached hydrogens (primary N) is 1. The summed E-state index contributed by atoms with van der Waals surface area (Å²) in [4.78, 5) is 6.88. The van der Waals surface area contributed by atoms with Crippen LogP contribution in [0.5, 0.6) is 0 Å². The van der Waals surface area contributed by atoms with Gasteiger partial charge in [-0.05, 0) is 36.8 Å². The first-order chi connectivity index (χ1) is 8.38. The van der Waals surface area contributed by atoms with Gasteiger partial charge < -0.3 is 10.6 Å². The molecule has 0 amide bonds. The van der Waals surface area contributed by atoms with Gasteiger partial charge in [-0.25, -0.2) is 0 Å². The number of rotatable bonds is 2. The van der Waals surface area contributed by atoms with Crippen LogP contribution in [-0.4, -0.2) is 18.1 Å². The molecule has 0 aliphatic carbocycles. The van der Waals surface area contributed by atoms with E-state index in [0.29, 0.717) is 5.41 Å². The minimum atomic E-state index is 0.0138. The Morgan fingerprint density at radius 2 is 2.11 bits per heavy atom. The standard InChI is InChI=1S/C15H25N3/c1-11(16)14-6-5-13(9-17-14)18-8-7-12(10-18)15(2,3)4/h5-6,9,11-12H,7-8,10,16H2,1-4H3/t11-,12?/m1/s1. The van der Waals surface area contributed by atoms with Gasteiger partial charge in [-0.3, -0.25) is 4.98 Å². The molecule has 1 unspecified atom stereocenters. The second-order valence-corrected chi connectivity index (χ2v) is 6.53. The van der Waals surface area contributed by atoms with Gasteiger partial charge in [0.2, 0.25) is 0 Å². The molecule has 1 aliphatic heterocycles. The normalized spacial score (nSPS) is 22.3. The van der Waals surface area contributed by atoms with Crippen LogP contribution in [0.15, 0.2) is 18.3 Å². The maximum Gasteiger partial charge on any atom is 0.0569 e. The molecule has 0 spiro atoms. The quantitative estimate of drug-likeness (QED) is 0.873. The molecule has 0 bridgehead atoms. The van der Waals surface area contributed by atoms with Crippen molar-refractivity contribution in [1.82, 2.24) is 4.98 Å². The van der Waals surface area contributed by atoms with E-state index in [1.54, 1.807) is 0 Å². The maximum absolute atomic E-state index is 5.82. The number of pyridine rings is 1. The van der Waals surface area contributed by atoms with Crippen LogP contribution >= 0.6 is 0 Å². The number of hydrogen-bond donors (Lipinski definition) is 1. The van der Waals surface area contributed by atoms with Crippen LogP contribution in [0.2, 0.25) is 0 Å². The highest BCUT2D eigenvalue weighted by atomic mass is 15.2. The number of hydrogen-bond acceptors (Lipinski definition) is 3. The number of nitrogens with zero attached hydrogens (tertiary/aromatic N) is 2. The second-order valence-electron chi connectivity index (χ2n) is 6.53. The fourth-order valence-corrected chi connectivity index (χ4v) is 2.56. The van der Waals surface area contributed by atoms with Gasteiger partial charge in [0.1, 0.15) is 0 Å². The predicted octanol–water partition coefficient (Wildman–Crippen LogP) is 2.97. The van der Waals surface area contributed by atoms with Crippen LogP contribution < -0.4 is 10.6 Å². The summed E-state index contributed by atoms with van der Waals surface area (Å²) in [6.45, 7) is 11.2. The Morgan fingerprint density at radius 1 is 1.39 bits per heavy atom. The van der Waals surface area contributed by atoms with Gasteiger partial charge >= 0.3 is 0 Å². The van der Waals surface area contributed by atoms with Gasteiger partial charge in [-0.2, -0.15) is 0 Å². The van der Waals surface area contributed by atoms with E-state index in [-0.39, 0.29) is 6.04 Å². The minimum absolute atomic E-state index is 0.0138. The average Bonchev–Trinajstić information content (AvgIpc) is 2.78. The molecule has 1 aliphatic rings. The topological polar surface area (TPSA) is 42.1 Å². The first-order valence-electron chi connectivity index (χ1n) is 6.84.